The summed E-state index contributed by atoms with van der Waals surface area (Å²) in [5.74, 6) is 1.65. The first kappa shape index (κ1) is 14.3. The molecule has 2 aromatic carbocycles. The van der Waals surface area contributed by atoms with Gasteiger partial charge in [0, 0.05) is 11.8 Å². The molecule has 2 N–H and O–H groups in total. The molecule has 0 amide bonds. The Morgan fingerprint density at radius 2 is 1.50 bits per heavy atom. The van der Waals surface area contributed by atoms with Crippen LogP contribution in [0.3, 0.4) is 0 Å². The molecular weight excluding hydrogens is 250 g/mol. The number of nitrogens with two attached hydrogens (primary N) is 1. The largest absolute Gasteiger partial charge is 0.490 e. The van der Waals surface area contributed by atoms with E-state index in [9.17, 15) is 0 Å². The number of rotatable bonds is 6. The minimum Gasteiger partial charge on any atom is -0.490 e. The van der Waals surface area contributed by atoms with Gasteiger partial charge in [0.1, 0.15) is 24.7 Å². The first-order valence-corrected chi connectivity index (χ1v) is 6.89. The minimum absolute atomic E-state index is 0.498. The van der Waals surface area contributed by atoms with Gasteiger partial charge in [0.2, 0.25) is 0 Å². The summed E-state index contributed by atoms with van der Waals surface area (Å²) in [6.45, 7) is 5.12. The molecule has 0 spiro atoms. The quantitative estimate of drug-likeness (QED) is 0.645. The van der Waals surface area contributed by atoms with E-state index < -0.39 is 0 Å². The van der Waals surface area contributed by atoms with Crippen molar-refractivity contribution in [3.05, 3.63) is 53.6 Å². The Balaban J connectivity index is 1.76. The number of anilines is 1. The fraction of sp³-hybridized carbons (Fsp3) is 0.294. The second kappa shape index (κ2) is 6.85. The molecule has 0 heterocycles. The van der Waals surface area contributed by atoms with Crippen LogP contribution in [0.5, 0.6) is 11.5 Å². The predicted molar refractivity (Wildman–Crippen MR) is 82.4 cm³/mol. The molecule has 2 rings (SSSR count). The Morgan fingerprint density at radius 3 is 2.10 bits per heavy atom. The average molecular weight is 271 g/mol. The molecule has 0 aliphatic rings. The molecule has 2 aromatic rings. The normalized spacial score (nSPS) is 10.3. The van der Waals surface area contributed by atoms with Gasteiger partial charge in [-0.3, -0.25) is 0 Å². The van der Waals surface area contributed by atoms with Crippen molar-refractivity contribution in [2.24, 2.45) is 0 Å². The van der Waals surface area contributed by atoms with Crippen LogP contribution in [0.15, 0.2) is 42.5 Å². The molecule has 0 bridgehead atoms. The summed E-state index contributed by atoms with van der Waals surface area (Å²) in [6, 6.07) is 13.8. The van der Waals surface area contributed by atoms with Crippen LogP contribution in [-0.4, -0.2) is 13.2 Å². The van der Waals surface area contributed by atoms with E-state index in [1.54, 1.807) is 0 Å². The first-order valence-electron chi connectivity index (χ1n) is 6.89. The maximum absolute atomic E-state index is 5.83. The molecule has 0 aliphatic carbocycles. The van der Waals surface area contributed by atoms with E-state index in [1.165, 1.54) is 5.56 Å². The lowest BCUT2D eigenvalue weighted by molar-refractivity contribution is 0.217. The monoisotopic (exact) mass is 271 g/mol. The Hall–Kier alpha value is -2.16. The zero-order valence-corrected chi connectivity index (χ0v) is 12.1. The van der Waals surface area contributed by atoms with Gasteiger partial charge in [-0.1, -0.05) is 25.1 Å². The van der Waals surface area contributed by atoms with Crippen LogP contribution in [0.2, 0.25) is 0 Å². The van der Waals surface area contributed by atoms with Gasteiger partial charge in [-0.2, -0.15) is 0 Å². The Morgan fingerprint density at radius 1 is 0.900 bits per heavy atom. The number of hydrogen-bond acceptors (Lipinski definition) is 3. The van der Waals surface area contributed by atoms with Gasteiger partial charge in [0.05, 0.1) is 0 Å². The lowest BCUT2D eigenvalue weighted by Gasteiger charge is -2.10. The molecule has 106 valence electrons. The zero-order valence-electron chi connectivity index (χ0n) is 12.1. The number of ether oxygens (including phenoxy) is 2. The topological polar surface area (TPSA) is 44.5 Å². The maximum atomic E-state index is 5.83. The highest BCUT2D eigenvalue weighted by molar-refractivity contribution is 5.50. The minimum atomic E-state index is 0.498. The van der Waals surface area contributed by atoms with E-state index in [2.05, 4.69) is 19.1 Å². The third-order valence-electron chi connectivity index (χ3n) is 3.20. The standard InChI is InChI=1S/C17H21NO2/c1-3-14-5-8-15(9-6-14)19-10-11-20-16-7-4-13(2)17(18)12-16/h4-9,12H,3,10-11,18H2,1-2H3. The number of aryl methyl sites for hydroxylation is 2. The van der Waals surface area contributed by atoms with Crippen LogP contribution < -0.4 is 15.2 Å². The van der Waals surface area contributed by atoms with Gasteiger partial charge in [-0.15, -0.1) is 0 Å². The fourth-order valence-corrected chi connectivity index (χ4v) is 1.85. The first-order chi connectivity index (χ1) is 9.69. The van der Waals surface area contributed by atoms with Crippen molar-refractivity contribution in [3.8, 4) is 11.5 Å². The smallest absolute Gasteiger partial charge is 0.122 e. The van der Waals surface area contributed by atoms with Crippen LogP contribution in [0.4, 0.5) is 5.69 Å². The Kier molecular flexibility index (Phi) is 4.88. The SMILES string of the molecule is CCc1ccc(OCCOc2ccc(C)c(N)c2)cc1. The summed E-state index contributed by atoms with van der Waals surface area (Å²) in [7, 11) is 0. The number of nitrogen functional groups attached to an aromatic ring is 1. The van der Waals surface area contributed by atoms with Crippen LogP contribution in [0.25, 0.3) is 0 Å². The summed E-state index contributed by atoms with van der Waals surface area (Å²) >= 11 is 0. The zero-order chi connectivity index (χ0) is 14.4. The molecule has 0 radical (unpaired) electrons. The van der Waals surface area contributed by atoms with Crippen LogP contribution in [0, 0.1) is 6.92 Å². The number of benzene rings is 2. The fourth-order valence-electron chi connectivity index (χ4n) is 1.85. The van der Waals surface area contributed by atoms with Crippen molar-refractivity contribution in [1.29, 1.82) is 0 Å². The van der Waals surface area contributed by atoms with E-state index in [0.29, 0.717) is 13.2 Å². The maximum Gasteiger partial charge on any atom is 0.122 e. The molecule has 3 nitrogen and oxygen atoms in total. The molecule has 0 aliphatic heterocycles. The van der Waals surface area contributed by atoms with Crippen LogP contribution in [0.1, 0.15) is 18.1 Å². The molecule has 0 unspecified atom stereocenters. The molecule has 0 saturated carbocycles. The highest BCUT2D eigenvalue weighted by Gasteiger charge is 1.99. The van der Waals surface area contributed by atoms with Gasteiger partial charge in [-0.05, 0) is 42.7 Å². The van der Waals surface area contributed by atoms with Crippen LogP contribution >= 0.6 is 0 Å². The van der Waals surface area contributed by atoms with E-state index in [1.807, 2.05) is 37.3 Å². The molecule has 20 heavy (non-hydrogen) atoms. The third kappa shape index (κ3) is 3.92. The van der Waals surface area contributed by atoms with Crippen molar-refractivity contribution in [1.82, 2.24) is 0 Å². The molecule has 0 aromatic heterocycles. The molecule has 3 heteroatoms. The van der Waals surface area contributed by atoms with Gasteiger partial charge >= 0.3 is 0 Å². The van der Waals surface area contributed by atoms with Crippen molar-refractivity contribution in [2.45, 2.75) is 20.3 Å². The van der Waals surface area contributed by atoms with E-state index >= 15 is 0 Å². The second-order valence-electron chi connectivity index (χ2n) is 4.71. The summed E-state index contributed by atoms with van der Waals surface area (Å²) in [4.78, 5) is 0. The summed E-state index contributed by atoms with van der Waals surface area (Å²) < 4.78 is 11.2. The molecule has 0 saturated heterocycles. The second-order valence-corrected chi connectivity index (χ2v) is 4.71. The van der Waals surface area contributed by atoms with Gasteiger partial charge in [0.25, 0.3) is 0 Å². The van der Waals surface area contributed by atoms with Gasteiger partial charge in [-0.25, -0.2) is 0 Å². The highest BCUT2D eigenvalue weighted by atomic mass is 16.5. The summed E-state index contributed by atoms with van der Waals surface area (Å²) in [6.07, 6.45) is 1.04. The van der Waals surface area contributed by atoms with E-state index in [4.69, 9.17) is 15.2 Å². The lowest BCUT2D eigenvalue weighted by Crippen LogP contribution is -2.09. The summed E-state index contributed by atoms with van der Waals surface area (Å²) in [5.41, 5.74) is 8.95. The van der Waals surface area contributed by atoms with E-state index in [-0.39, 0.29) is 0 Å². The van der Waals surface area contributed by atoms with Crippen molar-refractivity contribution in [3.63, 3.8) is 0 Å². The highest BCUT2D eigenvalue weighted by Crippen LogP contribution is 2.19. The summed E-state index contributed by atoms with van der Waals surface area (Å²) in [5, 5.41) is 0. The van der Waals surface area contributed by atoms with Crippen molar-refractivity contribution < 1.29 is 9.47 Å². The van der Waals surface area contributed by atoms with Gasteiger partial charge < -0.3 is 15.2 Å². The van der Waals surface area contributed by atoms with E-state index in [0.717, 1.165) is 29.2 Å². The average Bonchev–Trinajstić information content (AvgIpc) is 2.48. The molecule has 0 atom stereocenters. The third-order valence-corrected chi connectivity index (χ3v) is 3.20. The lowest BCUT2D eigenvalue weighted by atomic mass is 10.2. The number of hydrogen-bond donors (Lipinski definition) is 1. The van der Waals surface area contributed by atoms with Crippen LogP contribution in [-0.2, 0) is 6.42 Å². The predicted octanol–water partition coefficient (Wildman–Crippen LogP) is 3.60. The Labute approximate surface area is 120 Å². The van der Waals surface area contributed by atoms with Gasteiger partial charge in [0.15, 0.2) is 0 Å². The molecule has 0 fully saturated rings. The Bertz CT molecular complexity index is 549. The van der Waals surface area contributed by atoms with Crippen molar-refractivity contribution in [2.75, 3.05) is 18.9 Å². The van der Waals surface area contributed by atoms with Crippen molar-refractivity contribution >= 4 is 5.69 Å². The molecular formula is C17H21NO2.